The Morgan fingerprint density at radius 1 is 1.11 bits per heavy atom. The Bertz CT molecular complexity index is 903. The summed E-state index contributed by atoms with van der Waals surface area (Å²) in [7, 11) is 0. The number of allylic oxidation sites excluding steroid dienone is 1. The molecule has 0 aliphatic rings. The van der Waals surface area contributed by atoms with Crippen LogP contribution in [0.15, 0.2) is 71.2 Å². The molecule has 0 fully saturated rings. The number of hydrogen-bond donors (Lipinski definition) is 0. The van der Waals surface area contributed by atoms with Crippen molar-refractivity contribution in [1.29, 1.82) is 0 Å². The molecule has 2 aromatic rings. The molecule has 0 radical (unpaired) electrons. The average Bonchev–Trinajstić information content (AvgIpc) is 2.63. The van der Waals surface area contributed by atoms with Crippen molar-refractivity contribution in [1.82, 2.24) is 4.90 Å². The van der Waals surface area contributed by atoms with E-state index < -0.39 is 6.04 Å². The van der Waals surface area contributed by atoms with Gasteiger partial charge < -0.3 is 4.90 Å². The maximum Gasteiger partial charge on any atom is 0.224 e. The standard InChI is InChI=1S/C22H21BrClNO2/c1-5-21(17-10-12-18(24)13-11-17)25(16(4)27)22(14(2)15(3)26)19-8-6-7-9-20(19)23/h5-13,22H,2H2,1,3-4H3/b21-5-/t22-/m0/s1. The molecule has 3 nitrogen and oxygen atoms in total. The van der Waals surface area contributed by atoms with Gasteiger partial charge in [0, 0.05) is 27.7 Å². The Hall–Kier alpha value is -2.17. The number of ketones is 1. The number of hydrogen-bond acceptors (Lipinski definition) is 2. The minimum atomic E-state index is -0.627. The van der Waals surface area contributed by atoms with Gasteiger partial charge in [-0.1, -0.05) is 70.5 Å². The van der Waals surface area contributed by atoms with Gasteiger partial charge in [0.2, 0.25) is 5.91 Å². The summed E-state index contributed by atoms with van der Waals surface area (Å²) in [6.07, 6.45) is 1.85. The van der Waals surface area contributed by atoms with Gasteiger partial charge >= 0.3 is 0 Å². The summed E-state index contributed by atoms with van der Waals surface area (Å²) in [5.74, 6) is -0.366. The second-order valence-corrected chi connectivity index (χ2v) is 7.37. The molecular formula is C22H21BrClNO2. The zero-order valence-corrected chi connectivity index (χ0v) is 17.8. The fourth-order valence-corrected chi connectivity index (χ4v) is 3.56. The molecule has 5 heteroatoms. The summed E-state index contributed by atoms with van der Waals surface area (Å²) >= 11 is 9.55. The lowest BCUT2D eigenvalue weighted by atomic mass is 9.94. The lowest BCUT2D eigenvalue weighted by Crippen LogP contribution is -2.34. The minimum Gasteiger partial charge on any atom is -0.301 e. The molecule has 0 N–H and O–H groups in total. The van der Waals surface area contributed by atoms with Crippen LogP contribution in [0.25, 0.3) is 5.70 Å². The van der Waals surface area contributed by atoms with Crippen LogP contribution < -0.4 is 0 Å². The zero-order chi connectivity index (χ0) is 20.1. The Morgan fingerprint density at radius 2 is 1.70 bits per heavy atom. The minimum absolute atomic E-state index is 0.173. The Balaban J connectivity index is 2.69. The third kappa shape index (κ3) is 4.76. The SMILES string of the molecule is C=C(C(C)=O)[C@@H](c1ccccc1Br)N(C(C)=O)/C(=C\C)c1ccc(Cl)cc1. The van der Waals surface area contributed by atoms with Crippen LogP contribution in [0.1, 0.15) is 37.9 Å². The molecule has 0 saturated heterocycles. The van der Waals surface area contributed by atoms with Gasteiger partial charge in [-0.2, -0.15) is 0 Å². The number of nitrogens with zero attached hydrogens (tertiary/aromatic N) is 1. The molecule has 1 atom stereocenters. The molecule has 2 rings (SSSR count). The first-order valence-electron chi connectivity index (χ1n) is 8.44. The molecule has 140 valence electrons. The van der Waals surface area contributed by atoms with Gasteiger partial charge in [-0.25, -0.2) is 0 Å². The van der Waals surface area contributed by atoms with Crippen LogP contribution in [0.5, 0.6) is 0 Å². The van der Waals surface area contributed by atoms with Crippen molar-refractivity contribution in [3.8, 4) is 0 Å². The molecular weight excluding hydrogens is 426 g/mol. The van der Waals surface area contributed by atoms with Crippen molar-refractivity contribution in [2.45, 2.75) is 26.8 Å². The normalized spacial score (nSPS) is 12.4. The van der Waals surface area contributed by atoms with Crippen LogP contribution in [0.4, 0.5) is 0 Å². The van der Waals surface area contributed by atoms with Gasteiger partial charge in [0.1, 0.15) is 0 Å². The number of halogens is 2. The monoisotopic (exact) mass is 445 g/mol. The molecule has 0 saturated carbocycles. The van der Waals surface area contributed by atoms with Gasteiger partial charge in [0.25, 0.3) is 0 Å². The van der Waals surface area contributed by atoms with E-state index >= 15 is 0 Å². The fraction of sp³-hybridized carbons (Fsp3) is 0.182. The van der Waals surface area contributed by atoms with E-state index in [2.05, 4.69) is 22.5 Å². The summed E-state index contributed by atoms with van der Waals surface area (Å²) in [6.45, 7) is 8.79. The van der Waals surface area contributed by atoms with Gasteiger partial charge in [-0.15, -0.1) is 0 Å². The number of amides is 1. The van der Waals surface area contributed by atoms with Gasteiger partial charge in [0.15, 0.2) is 5.78 Å². The highest BCUT2D eigenvalue weighted by atomic mass is 79.9. The first-order valence-corrected chi connectivity index (χ1v) is 9.61. The fourth-order valence-electron chi connectivity index (χ4n) is 2.93. The number of carbonyl (C=O) groups excluding carboxylic acids is 2. The molecule has 27 heavy (non-hydrogen) atoms. The van der Waals surface area contributed by atoms with Crippen LogP contribution in [-0.2, 0) is 9.59 Å². The smallest absolute Gasteiger partial charge is 0.224 e. The first kappa shape index (κ1) is 21.1. The Morgan fingerprint density at radius 3 is 2.19 bits per heavy atom. The largest absolute Gasteiger partial charge is 0.301 e. The molecule has 1 amide bonds. The molecule has 0 aliphatic heterocycles. The Labute approximate surface area is 173 Å². The van der Waals surface area contributed by atoms with E-state index in [0.717, 1.165) is 15.6 Å². The van der Waals surface area contributed by atoms with Crippen LogP contribution >= 0.6 is 27.5 Å². The second-order valence-electron chi connectivity index (χ2n) is 6.08. The van der Waals surface area contributed by atoms with Crippen molar-refractivity contribution in [2.75, 3.05) is 0 Å². The number of Topliss-reactive ketones (excluding diaryl/α,β-unsaturated/α-hetero) is 1. The molecule has 0 aliphatic carbocycles. The lowest BCUT2D eigenvalue weighted by Gasteiger charge is -2.34. The molecule has 0 heterocycles. The van der Waals surface area contributed by atoms with Crippen molar-refractivity contribution < 1.29 is 9.59 Å². The van der Waals surface area contributed by atoms with Crippen molar-refractivity contribution in [3.05, 3.63) is 87.4 Å². The van der Waals surface area contributed by atoms with E-state index in [-0.39, 0.29) is 11.7 Å². The van der Waals surface area contributed by atoms with E-state index in [1.807, 2.05) is 49.4 Å². The zero-order valence-electron chi connectivity index (χ0n) is 15.5. The van der Waals surface area contributed by atoms with Crippen LogP contribution in [0, 0.1) is 0 Å². The number of benzene rings is 2. The highest BCUT2D eigenvalue weighted by molar-refractivity contribution is 9.10. The lowest BCUT2D eigenvalue weighted by molar-refractivity contribution is -0.127. The molecule has 0 bridgehead atoms. The summed E-state index contributed by atoms with van der Waals surface area (Å²) in [5, 5.41) is 0.610. The van der Waals surface area contributed by atoms with Crippen molar-refractivity contribution >= 4 is 44.9 Å². The van der Waals surface area contributed by atoms with Crippen molar-refractivity contribution in [3.63, 3.8) is 0 Å². The first-order chi connectivity index (χ1) is 12.8. The molecule has 0 aromatic heterocycles. The van der Waals surface area contributed by atoms with Crippen LogP contribution in [0.3, 0.4) is 0 Å². The summed E-state index contributed by atoms with van der Waals surface area (Å²) in [4.78, 5) is 26.5. The molecule has 2 aromatic carbocycles. The molecule has 0 unspecified atom stereocenters. The van der Waals surface area contributed by atoms with E-state index in [4.69, 9.17) is 11.6 Å². The topological polar surface area (TPSA) is 37.4 Å². The summed E-state index contributed by atoms with van der Waals surface area (Å²) in [6, 6.07) is 14.1. The van der Waals surface area contributed by atoms with E-state index in [0.29, 0.717) is 16.3 Å². The summed E-state index contributed by atoms with van der Waals surface area (Å²) in [5.41, 5.74) is 2.64. The van der Waals surface area contributed by atoms with Gasteiger partial charge in [0.05, 0.1) is 6.04 Å². The Kier molecular flexibility index (Phi) is 7.17. The van der Waals surface area contributed by atoms with E-state index in [9.17, 15) is 9.59 Å². The maximum absolute atomic E-state index is 12.7. The van der Waals surface area contributed by atoms with E-state index in [1.165, 1.54) is 13.8 Å². The second kappa shape index (κ2) is 9.16. The maximum atomic E-state index is 12.7. The average molecular weight is 447 g/mol. The van der Waals surface area contributed by atoms with Crippen molar-refractivity contribution in [2.24, 2.45) is 0 Å². The third-order valence-corrected chi connectivity index (χ3v) is 5.23. The van der Waals surface area contributed by atoms with Gasteiger partial charge in [-0.05, 0) is 43.2 Å². The highest BCUT2D eigenvalue weighted by Crippen LogP contribution is 2.38. The van der Waals surface area contributed by atoms with Crippen LogP contribution in [0.2, 0.25) is 5.02 Å². The predicted molar refractivity (Wildman–Crippen MR) is 114 cm³/mol. The highest BCUT2D eigenvalue weighted by Gasteiger charge is 2.31. The van der Waals surface area contributed by atoms with E-state index in [1.54, 1.807) is 17.0 Å². The number of carbonyl (C=O) groups is 2. The quantitative estimate of drug-likeness (QED) is 0.495. The number of rotatable bonds is 6. The van der Waals surface area contributed by atoms with Gasteiger partial charge in [-0.3, -0.25) is 9.59 Å². The predicted octanol–water partition coefficient (Wildman–Crippen LogP) is 6.20. The third-order valence-electron chi connectivity index (χ3n) is 4.25. The van der Waals surface area contributed by atoms with Crippen LogP contribution in [-0.4, -0.2) is 16.6 Å². The summed E-state index contributed by atoms with van der Waals surface area (Å²) < 4.78 is 0.801. The molecule has 0 spiro atoms.